The van der Waals surface area contributed by atoms with E-state index in [1.165, 1.54) is 12.1 Å². The first-order valence-electron chi connectivity index (χ1n) is 10.6. The number of amides is 3. The van der Waals surface area contributed by atoms with Crippen LogP contribution < -0.4 is 21.6 Å². The normalized spacial score (nSPS) is 10.8. The van der Waals surface area contributed by atoms with Gasteiger partial charge in [0, 0.05) is 11.2 Å². The molecule has 0 atom stereocenters. The molecule has 3 aromatic carbocycles. The Bertz CT molecular complexity index is 1510. The van der Waals surface area contributed by atoms with Gasteiger partial charge in [-0.1, -0.05) is 48.0 Å². The lowest BCUT2D eigenvalue weighted by atomic mass is 10.1. The summed E-state index contributed by atoms with van der Waals surface area (Å²) in [6.45, 7) is 1.94. The number of benzene rings is 3. The lowest BCUT2D eigenvalue weighted by Gasteiger charge is -2.11. The van der Waals surface area contributed by atoms with E-state index < -0.39 is 17.7 Å². The van der Waals surface area contributed by atoms with Crippen molar-refractivity contribution in [1.29, 1.82) is 0 Å². The second-order valence-electron chi connectivity index (χ2n) is 7.66. The monoisotopic (exact) mass is 467 g/mol. The van der Waals surface area contributed by atoms with E-state index in [0.29, 0.717) is 11.2 Å². The molecule has 0 saturated carbocycles. The predicted octanol–water partition coefficient (Wildman–Crippen LogP) is 3.18. The van der Waals surface area contributed by atoms with Gasteiger partial charge in [0.1, 0.15) is 0 Å². The van der Waals surface area contributed by atoms with Gasteiger partial charge in [-0.25, -0.2) is 5.43 Å². The van der Waals surface area contributed by atoms with E-state index in [1.807, 2.05) is 31.2 Å². The highest BCUT2D eigenvalue weighted by Gasteiger charge is 2.18. The van der Waals surface area contributed by atoms with E-state index in [4.69, 9.17) is 0 Å². The maximum absolute atomic E-state index is 12.7. The molecule has 4 aromatic rings. The van der Waals surface area contributed by atoms with Gasteiger partial charge >= 0.3 is 11.8 Å². The van der Waals surface area contributed by atoms with Crippen LogP contribution in [-0.2, 0) is 9.59 Å². The average molecular weight is 467 g/mol. The summed E-state index contributed by atoms with van der Waals surface area (Å²) in [4.78, 5) is 52.2. The fourth-order valence-corrected chi connectivity index (χ4v) is 3.28. The number of carbonyl (C=O) groups excluding carboxylic acids is 3. The molecule has 4 N–H and O–H groups in total. The molecule has 1 heterocycles. The topological polar surface area (TPSA) is 133 Å². The van der Waals surface area contributed by atoms with Crippen molar-refractivity contribution in [1.82, 2.24) is 10.4 Å². The molecule has 0 saturated heterocycles. The van der Waals surface area contributed by atoms with Crippen molar-refractivity contribution >= 4 is 46.2 Å². The molecule has 0 aliphatic carbocycles. The molecule has 0 bridgehead atoms. The third kappa shape index (κ3) is 5.66. The Hall–Kier alpha value is -5.05. The number of para-hydroxylation sites is 2. The fraction of sp³-hybridized carbons (Fsp3) is 0.0385. The number of carbonyl (C=O) groups is 3. The third-order valence-corrected chi connectivity index (χ3v) is 5.09. The molecule has 1 aromatic heterocycles. The van der Waals surface area contributed by atoms with Crippen LogP contribution in [0.1, 0.15) is 21.5 Å². The highest BCUT2D eigenvalue weighted by Crippen LogP contribution is 2.18. The summed E-state index contributed by atoms with van der Waals surface area (Å²) in [5.74, 6) is -2.53. The van der Waals surface area contributed by atoms with Crippen molar-refractivity contribution in [2.45, 2.75) is 6.92 Å². The molecule has 0 spiro atoms. The molecule has 0 fully saturated rings. The van der Waals surface area contributed by atoms with E-state index in [9.17, 15) is 19.2 Å². The van der Waals surface area contributed by atoms with Gasteiger partial charge in [-0.2, -0.15) is 5.10 Å². The van der Waals surface area contributed by atoms with Crippen molar-refractivity contribution in [3.63, 3.8) is 0 Å². The Labute approximate surface area is 199 Å². The minimum absolute atomic E-state index is 0.159. The molecule has 0 aliphatic rings. The number of fused-ring (bicyclic) bond motifs is 1. The molecule has 0 aliphatic heterocycles. The van der Waals surface area contributed by atoms with Crippen LogP contribution in [-0.4, -0.2) is 28.9 Å². The Kier molecular flexibility index (Phi) is 6.78. The largest absolute Gasteiger partial charge is 0.329 e. The molecule has 174 valence electrons. The van der Waals surface area contributed by atoms with Crippen molar-refractivity contribution in [2.75, 3.05) is 10.6 Å². The van der Waals surface area contributed by atoms with Gasteiger partial charge in [0.15, 0.2) is 0 Å². The zero-order valence-corrected chi connectivity index (χ0v) is 18.7. The molecule has 4 rings (SSSR count). The molecular weight excluding hydrogens is 446 g/mol. The average Bonchev–Trinajstić information content (AvgIpc) is 2.86. The van der Waals surface area contributed by atoms with Crippen LogP contribution in [0.5, 0.6) is 0 Å². The van der Waals surface area contributed by atoms with Crippen LogP contribution in [0.2, 0.25) is 0 Å². The van der Waals surface area contributed by atoms with E-state index in [2.05, 4.69) is 26.1 Å². The van der Waals surface area contributed by atoms with Gasteiger partial charge in [0.25, 0.3) is 11.5 Å². The van der Waals surface area contributed by atoms with Gasteiger partial charge in [-0.05, 0) is 48.7 Å². The first kappa shape index (κ1) is 23.1. The zero-order chi connectivity index (χ0) is 24.8. The Morgan fingerprint density at radius 2 is 1.57 bits per heavy atom. The number of rotatable bonds is 5. The van der Waals surface area contributed by atoms with Crippen LogP contribution in [0.3, 0.4) is 0 Å². The number of aryl methyl sites for hydroxylation is 1. The highest BCUT2D eigenvalue weighted by molar-refractivity contribution is 6.40. The summed E-state index contributed by atoms with van der Waals surface area (Å²) in [5.41, 5.74) is 4.56. The quantitative estimate of drug-likeness (QED) is 0.204. The van der Waals surface area contributed by atoms with Crippen molar-refractivity contribution < 1.29 is 14.4 Å². The van der Waals surface area contributed by atoms with Crippen LogP contribution in [0, 0.1) is 6.92 Å². The van der Waals surface area contributed by atoms with Crippen LogP contribution >= 0.6 is 0 Å². The number of H-pyrrole nitrogens is 1. The van der Waals surface area contributed by atoms with Crippen LogP contribution in [0.4, 0.5) is 11.4 Å². The fourth-order valence-electron chi connectivity index (χ4n) is 3.28. The molecule has 0 radical (unpaired) electrons. The number of nitrogens with zero attached hydrogens (tertiary/aromatic N) is 1. The maximum Gasteiger partial charge on any atom is 0.329 e. The molecule has 0 unspecified atom stereocenters. The summed E-state index contributed by atoms with van der Waals surface area (Å²) < 4.78 is 0. The Morgan fingerprint density at radius 1 is 0.857 bits per heavy atom. The zero-order valence-electron chi connectivity index (χ0n) is 18.7. The second-order valence-corrected chi connectivity index (χ2v) is 7.66. The van der Waals surface area contributed by atoms with Gasteiger partial charge in [0.2, 0.25) is 0 Å². The van der Waals surface area contributed by atoms with Gasteiger partial charge in [-0.15, -0.1) is 0 Å². The van der Waals surface area contributed by atoms with E-state index in [-0.39, 0.29) is 22.4 Å². The minimum Gasteiger partial charge on any atom is -0.322 e. The molecule has 9 heteroatoms. The number of hydrazone groups is 1. The van der Waals surface area contributed by atoms with E-state index >= 15 is 0 Å². The number of nitrogens with one attached hydrogen (secondary N) is 4. The smallest absolute Gasteiger partial charge is 0.322 e. The number of hydrogen-bond donors (Lipinski definition) is 4. The number of hydrogen-bond acceptors (Lipinski definition) is 5. The molecule has 3 amide bonds. The maximum atomic E-state index is 12.7. The van der Waals surface area contributed by atoms with Crippen LogP contribution in [0.15, 0.2) is 88.8 Å². The first-order chi connectivity index (χ1) is 16.9. The predicted molar refractivity (Wildman–Crippen MR) is 135 cm³/mol. The molecule has 9 nitrogen and oxygen atoms in total. The Balaban J connectivity index is 1.41. The Morgan fingerprint density at radius 3 is 2.37 bits per heavy atom. The lowest BCUT2D eigenvalue weighted by Crippen LogP contribution is -2.33. The van der Waals surface area contributed by atoms with Gasteiger partial charge in [-0.3, -0.25) is 19.2 Å². The SMILES string of the molecule is Cc1ccc(NC(=O)c2ccccc2NC(=O)C(=O)N/N=C\c2cc3ccccc3[nH]c2=O)cc1. The standard InChI is InChI=1S/C26H21N5O4/c1-16-10-12-19(13-11-16)28-24(33)20-7-3-5-9-22(20)30-25(34)26(35)31-27-15-18-14-17-6-2-4-8-21(17)29-23(18)32/h2-15H,1H3,(H,28,33)(H,29,32)(H,30,34)(H,31,35)/b27-15-. The number of anilines is 2. The summed E-state index contributed by atoms with van der Waals surface area (Å²) in [6.07, 6.45) is 1.15. The van der Waals surface area contributed by atoms with Crippen molar-refractivity contribution in [3.8, 4) is 0 Å². The first-order valence-corrected chi connectivity index (χ1v) is 10.6. The van der Waals surface area contributed by atoms with E-state index in [1.54, 1.807) is 42.5 Å². The number of aromatic amines is 1. The number of aromatic nitrogens is 1. The van der Waals surface area contributed by atoms with Gasteiger partial charge in [0.05, 0.1) is 23.0 Å². The van der Waals surface area contributed by atoms with Crippen molar-refractivity contribution in [3.05, 3.63) is 106 Å². The highest BCUT2D eigenvalue weighted by atomic mass is 16.2. The van der Waals surface area contributed by atoms with E-state index in [0.717, 1.165) is 17.2 Å². The summed E-state index contributed by atoms with van der Waals surface area (Å²) in [5, 5.41) is 9.67. The minimum atomic E-state index is -1.06. The van der Waals surface area contributed by atoms with Crippen molar-refractivity contribution in [2.24, 2.45) is 5.10 Å². The summed E-state index contributed by atoms with van der Waals surface area (Å²) in [7, 11) is 0. The lowest BCUT2D eigenvalue weighted by molar-refractivity contribution is -0.136. The molecular formula is C26H21N5O4. The second kappa shape index (κ2) is 10.3. The van der Waals surface area contributed by atoms with Gasteiger partial charge < -0.3 is 15.6 Å². The third-order valence-electron chi connectivity index (χ3n) is 5.09. The number of pyridine rings is 1. The van der Waals surface area contributed by atoms with Crippen LogP contribution in [0.25, 0.3) is 10.9 Å². The summed E-state index contributed by atoms with van der Waals surface area (Å²) >= 11 is 0. The molecule has 35 heavy (non-hydrogen) atoms. The summed E-state index contributed by atoms with van der Waals surface area (Å²) in [6, 6.07) is 22.4.